The first-order valence-corrected chi connectivity index (χ1v) is 7.45. The van der Waals surface area contributed by atoms with Crippen molar-refractivity contribution in [1.29, 1.82) is 0 Å². The Hall–Kier alpha value is -0.140. The molecule has 4 nitrogen and oxygen atoms in total. The summed E-state index contributed by atoms with van der Waals surface area (Å²) >= 11 is 9.05. The van der Waals surface area contributed by atoms with Crippen LogP contribution in [0.5, 0.6) is 0 Å². The van der Waals surface area contributed by atoms with Crippen molar-refractivity contribution < 1.29 is 13.5 Å². The number of rotatable bonds is 4. The van der Waals surface area contributed by atoms with Crippen LogP contribution < -0.4 is 0 Å². The predicted octanol–water partition coefficient (Wildman–Crippen LogP) is 2.10. The molecule has 1 atom stereocenters. The maximum absolute atomic E-state index is 12.1. The molecule has 0 saturated carbocycles. The lowest BCUT2D eigenvalue weighted by Crippen LogP contribution is -2.37. The molecule has 1 unspecified atom stereocenters. The van der Waals surface area contributed by atoms with E-state index in [0.29, 0.717) is 9.50 Å². The van der Waals surface area contributed by atoms with Gasteiger partial charge in [0.05, 0.1) is 16.5 Å². The summed E-state index contributed by atoms with van der Waals surface area (Å²) in [4.78, 5) is 0.105. The van der Waals surface area contributed by atoms with E-state index in [1.165, 1.54) is 19.2 Å². The molecule has 0 amide bonds. The molecule has 1 aromatic rings. The molecule has 0 heterocycles. The van der Waals surface area contributed by atoms with Crippen molar-refractivity contribution in [2.45, 2.75) is 17.9 Å². The molecule has 0 spiro atoms. The molecule has 7 heteroatoms. The maximum Gasteiger partial charge on any atom is 0.243 e. The Balaban J connectivity index is 3.17. The molecule has 17 heavy (non-hydrogen) atoms. The Kier molecular flexibility index (Phi) is 4.97. The predicted molar refractivity (Wildman–Crippen MR) is 70.6 cm³/mol. The second kappa shape index (κ2) is 5.67. The van der Waals surface area contributed by atoms with Gasteiger partial charge in [-0.15, -0.1) is 0 Å². The van der Waals surface area contributed by atoms with Crippen LogP contribution in [-0.2, 0) is 10.0 Å². The fraction of sp³-hybridized carbons (Fsp3) is 0.400. The topological polar surface area (TPSA) is 57.6 Å². The number of halogens is 2. The van der Waals surface area contributed by atoms with Crippen molar-refractivity contribution in [3.05, 3.63) is 27.7 Å². The number of hydrogen-bond acceptors (Lipinski definition) is 3. The molecule has 0 bridgehead atoms. The van der Waals surface area contributed by atoms with Crippen LogP contribution in [0.1, 0.15) is 6.92 Å². The van der Waals surface area contributed by atoms with Crippen molar-refractivity contribution in [2.24, 2.45) is 0 Å². The van der Waals surface area contributed by atoms with Crippen molar-refractivity contribution in [2.75, 3.05) is 13.7 Å². The van der Waals surface area contributed by atoms with Crippen LogP contribution in [0.15, 0.2) is 27.6 Å². The van der Waals surface area contributed by atoms with Gasteiger partial charge < -0.3 is 5.11 Å². The number of benzene rings is 1. The summed E-state index contributed by atoms with van der Waals surface area (Å²) in [6, 6.07) is 3.93. The monoisotopic (exact) mass is 341 g/mol. The largest absolute Gasteiger partial charge is 0.395 e. The molecule has 96 valence electrons. The van der Waals surface area contributed by atoms with Crippen LogP contribution in [0, 0.1) is 0 Å². The molecule has 0 radical (unpaired) electrons. The molecular weight excluding hydrogens is 330 g/mol. The zero-order valence-electron chi connectivity index (χ0n) is 9.39. The summed E-state index contributed by atoms with van der Waals surface area (Å²) in [6.07, 6.45) is 0. The van der Waals surface area contributed by atoms with E-state index in [4.69, 9.17) is 16.7 Å². The Labute approximate surface area is 114 Å². The number of aliphatic hydroxyl groups is 1. The van der Waals surface area contributed by atoms with Gasteiger partial charge in [-0.1, -0.05) is 11.6 Å². The fourth-order valence-corrected chi connectivity index (χ4v) is 3.03. The van der Waals surface area contributed by atoms with Crippen LogP contribution in [0.4, 0.5) is 0 Å². The van der Waals surface area contributed by atoms with Gasteiger partial charge in [0, 0.05) is 17.6 Å². The number of sulfonamides is 1. The molecule has 1 rings (SSSR count). The van der Waals surface area contributed by atoms with Gasteiger partial charge in [0.2, 0.25) is 10.0 Å². The van der Waals surface area contributed by atoms with Gasteiger partial charge in [-0.05, 0) is 41.1 Å². The third kappa shape index (κ3) is 3.20. The van der Waals surface area contributed by atoms with Crippen LogP contribution in [0.25, 0.3) is 0 Å². The molecule has 1 N–H and O–H groups in total. The summed E-state index contributed by atoms with van der Waals surface area (Å²) in [6.45, 7) is 1.39. The number of likely N-dealkylation sites (N-methyl/N-ethyl adjacent to an activating group) is 1. The molecule has 0 aliphatic heterocycles. The SMILES string of the molecule is CC(CO)N(C)S(=O)(=O)c1ccc(Br)c(Cl)c1. The Morgan fingerprint density at radius 1 is 1.53 bits per heavy atom. The number of aliphatic hydroxyl groups excluding tert-OH is 1. The van der Waals surface area contributed by atoms with E-state index in [1.54, 1.807) is 13.0 Å². The minimum absolute atomic E-state index is 0.105. The van der Waals surface area contributed by atoms with E-state index < -0.39 is 16.1 Å². The summed E-state index contributed by atoms with van der Waals surface area (Å²) in [5.74, 6) is 0. The third-order valence-electron chi connectivity index (χ3n) is 2.45. The van der Waals surface area contributed by atoms with E-state index in [1.807, 2.05) is 0 Å². The fourth-order valence-electron chi connectivity index (χ4n) is 1.16. The Morgan fingerprint density at radius 3 is 2.59 bits per heavy atom. The lowest BCUT2D eigenvalue weighted by atomic mass is 10.4. The molecule has 0 aromatic heterocycles. The smallest absolute Gasteiger partial charge is 0.243 e. The minimum atomic E-state index is -3.62. The Bertz CT molecular complexity index is 506. The Morgan fingerprint density at radius 2 is 2.12 bits per heavy atom. The van der Waals surface area contributed by atoms with Gasteiger partial charge in [-0.3, -0.25) is 0 Å². The first kappa shape index (κ1) is 14.9. The van der Waals surface area contributed by atoms with Crippen LogP contribution in [0.3, 0.4) is 0 Å². The average Bonchev–Trinajstić information content (AvgIpc) is 2.30. The van der Waals surface area contributed by atoms with Gasteiger partial charge in [-0.25, -0.2) is 8.42 Å². The standard InChI is InChI=1S/C10H13BrClNO3S/c1-7(6-14)13(2)17(15,16)8-3-4-9(11)10(12)5-8/h3-5,7,14H,6H2,1-2H3. The van der Waals surface area contributed by atoms with E-state index in [2.05, 4.69) is 15.9 Å². The van der Waals surface area contributed by atoms with Crippen LogP contribution >= 0.6 is 27.5 Å². The highest BCUT2D eigenvalue weighted by Gasteiger charge is 2.25. The van der Waals surface area contributed by atoms with Gasteiger partial charge >= 0.3 is 0 Å². The van der Waals surface area contributed by atoms with E-state index in [9.17, 15) is 8.42 Å². The van der Waals surface area contributed by atoms with E-state index in [-0.39, 0.29) is 11.5 Å². The highest BCUT2D eigenvalue weighted by atomic mass is 79.9. The lowest BCUT2D eigenvalue weighted by Gasteiger charge is -2.22. The second-order valence-electron chi connectivity index (χ2n) is 3.63. The normalized spacial score (nSPS) is 14.0. The van der Waals surface area contributed by atoms with Crippen molar-refractivity contribution >= 4 is 37.6 Å². The quantitative estimate of drug-likeness (QED) is 0.911. The highest BCUT2D eigenvalue weighted by Crippen LogP contribution is 2.27. The summed E-state index contributed by atoms with van der Waals surface area (Å²) in [5.41, 5.74) is 0. The zero-order chi connectivity index (χ0) is 13.2. The minimum Gasteiger partial charge on any atom is -0.395 e. The molecule has 1 aromatic carbocycles. The van der Waals surface area contributed by atoms with Crippen LogP contribution in [0.2, 0.25) is 5.02 Å². The molecule has 0 fully saturated rings. The molecule has 0 aliphatic carbocycles. The third-order valence-corrected chi connectivity index (χ3v) is 5.65. The second-order valence-corrected chi connectivity index (χ2v) is 6.89. The van der Waals surface area contributed by atoms with Gasteiger partial charge in [0.1, 0.15) is 0 Å². The first-order valence-electron chi connectivity index (χ1n) is 4.84. The lowest BCUT2D eigenvalue weighted by molar-refractivity contribution is 0.214. The zero-order valence-corrected chi connectivity index (χ0v) is 12.6. The van der Waals surface area contributed by atoms with E-state index in [0.717, 1.165) is 4.31 Å². The number of hydrogen-bond donors (Lipinski definition) is 1. The van der Waals surface area contributed by atoms with Crippen molar-refractivity contribution in [1.82, 2.24) is 4.31 Å². The number of nitrogens with zero attached hydrogens (tertiary/aromatic N) is 1. The molecular formula is C10H13BrClNO3S. The first-order chi connectivity index (χ1) is 7.80. The summed E-state index contributed by atoms with van der Waals surface area (Å²) in [5, 5.41) is 9.30. The van der Waals surface area contributed by atoms with Crippen LogP contribution in [-0.4, -0.2) is 37.5 Å². The highest BCUT2D eigenvalue weighted by molar-refractivity contribution is 9.10. The maximum atomic E-state index is 12.1. The van der Waals surface area contributed by atoms with Gasteiger partial charge in [0.15, 0.2) is 0 Å². The van der Waals surface area contributed by atoms with Crippen molar-refractivity contribution in [3.63, 3.8) is 0 Å². The van der Waals surface area contributed by atoms with Crippen molar-refractivity contribution in [3.8, 4) is 0 Å². The molecule has 0 aliphatic rings. The molecule has 0 saturated heterocycles. The van der Waals surface area contributed by atoms with E-state index >= 15 is 0 Å². The van der Waals surface area contributed by atoms with Gasteiger partial charge in [-0.2, -0.15) is 4.31 Å². The summed E-state index contributed by atoms with van der Waals surface area (Å²) < 4.78 is 26.0. The average molecular weight is 343 g/mol. The summed E-state index contributed by atoms with van der Waals surface area (Å²) in [7, 11) is -2.20. The van der Waals surface area contributed by atoms with Gasteiger partial charge in [0.25, 0.3) is 0 Å².